The number of ether oxygens (including phenoxy) is 2. The van der Waals surface area contributed by atoms with E-state index in [1.807, 2.05) is 0 Å². The molecule has 0 spiro atoms. The summed E-state index contributed by atoms with van der Waals surface area (Å²) in [4.78, 5) is 24.2. The molecule has 0 aliphatic rings. The first-order valence-corrected chi connectivity index (χ1v) is 18.9. The zero-order valence-electron chi connectivity index (χ0n) is 29.2. The fourth-order valence-electron chi connectivity index (χ4n) is 5.35. The van der Waals surface area contributed by atoms with E-state index in [-0.39, 0.29) is 25.2 Å². The van der Waals surface area contributed by atoms with Crippen LogP contribution in [0.4, 0.5) is 0 Å². The maximum Gasteiger partial charge on any atom is 0.306 e. The number of hydrogen-bond donors (Lipinski definition) is 1. The van der Waals surface area contributed by atoms with Crippen molar-refractivity contribution in [2.24, 2.45) is 0 Å². The molecule has 0 saturated heterocycles. The highest BCUT2D eigenvalue weighted by Gasteiger charge is 2.16. The molecular weight excluding hydrogens is 548 g/mol. The van der Waals surface area contributed by atoms with Crippen LogP contribution in [0, 0.1) is 0 Å². The van der Waals surface area contributed by atoms with E-state index in [2.05, 4.69) is 38.2 Å². The van der Waals surface area contributed by atoms with Gasteiger partial charge < -0.3 is 14.6 Å². The van der Waals surface area contributed by atoms with Gasteiger partial charge in [0.15, 0.2) is 6.10 Å². The highest BCUT2D eigenvalue weighted by Crippen LogP contribution is 2.14. The minimum absolute atomic E-state index is 0.0675. The topological polar surface area (TPSA) is 72.8 Å². The molecule has 258 valence electrons. The second kappa shape index (κ2) is 35.9. The number of aliphatic hydroxyl groups is 1. The van der Waals surface area contributed by atoms with Crippen molar-refractivity contribution in [2.45, 2.75) is 200 Å². The average molecular weight is 621 g/mol. The van der Waals surface area contributed by atoms with Gasteiger partial charge in [0.05, 0.1) is 6.61 Å². The second-order valence-corrected chi connectivity index (χ2v) is 12.7. The summed E-state index contributed by atoms with van der Waals surface area (Å²) in [6.45, 7) is 4.10. The van der Waals surface area contributed by atoms with Gasteiger partial charge in [0, 0.05) is 12.8 Å². The van der Waals surface area contributed by atoms with Gasteiger partial charge in [0.25, 0.3) is 0 Å². The highest BCUT2D eigenvalue weighted by molar-refractivity contribution is 5.70. The molecule has 0 aliphatic heterocycles. The lowest BCUT2D eigenvalue weighted by molar-refractivity contribution is -0.161. The van der Waals surface area contributed by atoms with E-state index < -0.39 is 6.10 Å². The zero-order valence-corrected chi connectivity index (χ0v) is 29.2. The summed E-state index contributed by atoms with van der Waals surface area (Å²) in [6.07, 6.45) is 40.9. The second-order valence-electron chi connectivity index (χ2n) is 12.7. The maximum atomic E-state index is 12.1. The molecule has 1 unspecified atom stereocenters. The molecule has 0 rings (SSSR count). The molecule has 44 heavy (non-hydrogen) atoms. The number of carbonyl (C=O) groups excluding carboxylic acids is 2. The molecule has 0 heterocycles. The summed E-state index contributed by atoms with van der Waals surface area (Å²) in [7, 11) is 0. The van der Waals surface area contributed by atoms with Gasteiger partial charge >= 0.3 is 11.9 Å². The standard InChI is InChI=1S/C39H72O5/c1-3-5-7-9-11-13-15-17-19-21-23-25-27-29-31-33-38(41)43-36-37(35-40)44-39(42)34-32-30-28-26-24-22-20-18-16-14-12-10-8-6-4-2/h12,14,18,20,37,40H,3-11,13,15-17,19,21-36H2,1-2H3/b14-12+,20-18+. The van der Waals surface area contributed by atoms with Crippen molar-refractivity contribution >= 4 is 11.9 Å². The molecule has 0 aromatic rings. The largest absolute Gasteiger partial charge is 0.462 e. The van der Waals surface area contributed by atoms with Gasteiger partial charge in [-0.1, -0.05) is 160 Å². The van der Waals surface area contributed by atoms with E-state index in [1.54, 1.807) is 0 Å². The Balaban J connectivity index is 3.56. The van der Waals surface area contributed by atoms with Crippen molar-refractivity contribution < 1.29 is 24.2 Å². The lowest BCUT2D eigenvalue weighted by atomic mass is 10.0. The summed E-state index contributed by atoms with van der Waals surface area (Å²) in [5.74, 6) is -0.601. The number of unbranched alkanes of at least 4 members (excludes halogenated alkanes) is 22. The molecule has 0 saturated carbocycles. The average Bonchev–Trinajstić information content (AvgIpc) is 3.02. The highest BCUT2D eigenvalue weighted by atomic mass is 16.6. The van der Waals surface area contributed by atoms with Crippen LogP contribution in [0.5, 0.6) is 0 Å². The Hall–Kier alpha value is -1.62. The Morgan fingerprint density at radius 3 is 1.39 bits per heavy atom. The van der Waals surface area contributed by atoms with Gasteiger partial charge in [0.1, 0.15) is 6.61 Å². The Morgan fingerprint density at radius 2 is 0.909 bits per heavy atom. The predicted molar refractivity (Wildman–Crippen MR) is 187 cm³/mol. The first-order chi connectivity index (χ1) is 21.6. The zero-order chi connectivity index (χ0) is 32.2. The van der Waals surface area contributed by atoms with Crippen LogP contribution in [0.3, 0.4) is 0 Å². The van der Waals surface area contributed by atoms with Gasteiger partial charge in [-0.05, 0) is 44.9 Å². The fraction of sp³-hybridized carbons (Fsp3) is 0.846. The Bertz CT molecular complexity index is 671. The number of hydrogen-bond acceptors (Lipinski definition) is 5. The van der Waals surface area contributed by atoms with Crippen LogP contribution in [0.15, 0.2) is 24.3 Å². The normalized spacial score (nSPS) is 12.3. The molecule has 0 bridgehead atoms. The minimum Gasteiger partial charge on any atom is -0.462 e. The third-order valence-electron chi connectivity index (χ3n) is 8.25. The lowest BCUT2D eigenvalue weighted by Crippen LogP contribution is -2.28. The van der Waals surface area contributed by atoms with E-state index in [1.165, 1.54) is 116 Å². The molecule has 5 nitrogen and oxygen atoms in total. The van der Waals surface area contributed by atoms with Gasteiger partial charge in [-0.3, -0.25) is 9.59 Å². The monoisotopic (exact) mass is 621 g/mol. The number of esters is 2. The van der Waals surface area contributed by atoms with E-state index in [9.17, 15) is 14.7 Å². The van der Waals surface area contributed by atoms with Crippen molar-refractivity contribution in [2.75, 3.05) is 13.2 Å². The van der Waals surface area contributed by atoms with Crippen LogP contribution >= 0.6 is 0 Å². The SMILES string of the molecule is CCCCC/C=C/C/C=C/CCCCCCCC(=O)OC(CO)COC(=O)CCCCCCCCCCCCCCCCC. The van der Waals surface area contributed by atoms with Crippen LogP contribution in [0.2, 0.25) is 0 Å². The fourth-order valence-corrected chi connectivity index (χ4v) is 5.35. The molecule has 1 atom stereocenters. The number of carbonyl (C=O) groups is 2. The summed E-state index contributed by atoms with van der Waals surface area (Å²) in [5, 5.41) is 9.53. The summed E-state index contributed by atoms with van der Waals surface area (Å²) < 4.78 is 10.6. The number of allylic oxidation sites excluding steroid dienone is 4. The van der Waals surface area contributed by atoms with Crippen molar-refractivity contribution in [3.63, 3.8) is 0 Å². The first-order valence-electron chi connectivity index (χ1n) is 18.9. The third kappa shape index (κ3) is 33.3. The maximum absolute atomic E-state index is 12.1. The van der Waals surface area contributed by atoms with Crippen molar-refractivity contribution in [3.8, 4) is 0 Å². The summed E-state index contributed by atoms with van der Waals surface area (Å²) in [5.41, 5.74) is 0. The van der Waals surface area contributed by atoms with Gasteiger partial charge in [-0.25, -0.2) is 0 Å². The van der Waals surface area contributed by atoms with Gasteiger partial charge in [0.2, 0.25) is 0 Å². The van der Waals surface area contributed by atoms with Crippen LogP contribution in [0.1, 0.15) is 194 Å². The smallest absolute Gasteiger partial charge is 0.306 e. The van der Waals surface area contributed by atoms with Gasteiger partial charge in [-0.2, -0.15) is 0 Å². The molecule has 0 aliphatic carbocycles. The van der Waals surface area contributed by atoms with Crippen molar-refractivity contribution in [1.82, 2.24) is 0 Å². The molecule has 0 amide bonds. The minimum atomic E-state index is -0.773. The molecule has 0 aromatic carbocycles. The lowest BCUT2D eigenvalue weighted by Gasteiger charge is -2.15. The van der Waals surface area contributed by atoms with Crippen LogP contribution in [0.25, 0.3) is 0 Å². The van der Waals surface area contributed by atoms with Crippen molar-refractivity contribution in [1.29, 1.82) is 0 Å². The van der Waals surface area contributed by atoms with E-state index >= 15 is 0 Å². The van der Waals surface area contributed by atoms with Crippen LogP contribution in [-0.4, -0.2) is 36.4 Å². The third-order valence-corrected chi connectivity index (χ3v) is 8.25. The number of aliphatic hydroxyl groups excluding tert-OH is 1. The van der Waals surface area contributed by atoms with Crippen molar-refractivity contribution in [3.05, 3.63) is 24.3 Å². The van der Waals surface area contributed by atoms with E-state index in [0.717, 1.165) is 51.4 Å². The molecule has 0 fully saturated rings. The molecular formula is C39H72O5. The van der Waals surface area contributed by atoms with E-state index in [4.69, 9.17) is 9.47 Å². The molecule has 0 aromatic heterocycles. The van der Waals surface area contributed by atoms with E-state index in [0.29, 0.717) is 12.8 Å². The number of rotatable bonds is 34. The predicted octanol–water partition coefficient (Wildman–Crippen LogP) is 11.5. The first kappa shape index (κ1) is 42.4. The summed E-state index contributed by atoms with van der Waals surface area (Å²) >= 11 is 0. The molecule has 1 N–H and O–H groups in total. The Morgan fingerprint density at radius 1 is 0.523 bits per heavy atom. The Labute approximate surface area is 273 Å². The Kier molecular flexibility index (Phi) is 34.5. The quantitative estimate of drug-likeness (QED) is 0.0440. The van der Waals surface area contributed by atoms with Gasteiger partial charge in [-0.15, -0.1) is 0 Å². The molecule has 0 radical (unpaired) electrons. The van der Waals surface area contributed by atoms with Crippen LogP contribution < -0.4 is 0 Å². The summed E-state index contributed by atoms with van der Waals surface area (Å²) in [6, 6.07) is 0. The molecule has 5 heteroatoms. The van der Waals surface area contributed by atoms with Crippen LogP contribution in [-0.2, 0) is 19.1 Å².